The molecule has 0 spiro atoms. The van der Waals surface area contributed by atoms with Crippen LogP contribution in [0, 0.1) is 11.8 Å². The summed E-state index contributed by atoms with van der Waals surface area (Å²) in [5, 5.41) is 23.2. The Hall–Kier alpha value is -4.58. The van der Waals surface area contributed by atoms with E-state index in [0.29, 0.717) is 116 Å². The summed E-state index contributed by atoms with van der Waals surface area (Å²) in [5.41, 5.74) is 2.11. The van der Waals surface area contributed by atoms with E-state index in [2.05, 4.69) is 76.3 Å². The maximum absolute atomic E-state index is 12.7. The highest BCUT2D eigenvalue weighted by atomic mass is 16.5. The number of hydrogen-bond donors (Lipinski definition) is 8. The number of nitrogens with zero attached hydrogens (tertiary/aromatic N) is 4. The third-order valence-electron chi connectivity index (χ3n) is 10.3. The van der Waals surface area contributed by atoms with Gasteiger partial charge in [0.05, 0.1) is 52.7 Å². The number of rotatable bonds is 45. The van der Waals surface area contributed by atoms with Crippen LogP contribution in [0.15, 0.2) is 6.07 Å². The van der Waals surface area contributed by atoms with Gasteiger partial charge in [-0.15, -0.1) is 0 Å². The van der Waals surface area contributed by atoms with Crippen molar-refractivity contribution in [1.82, 2.24) is 57.0 Å². The van der Waals surface area contributed by atoms with Crippen LogP contribution in [0.5, 0.6) is 0 Å². The van der Waals surface area contributed by atoms with Gasteiger partial charge in [0.15, 0.2) is 0 Å². The molecule has 0 saturated carbocycles. The largest absolute Gasteiger partial charge is 0.378 e. The van der Waals surface area contributed by atoms with Gasteiger partial charge in [0.25, 0.3) is 0 Å². The van der Waals surface area contributed by atoms with Crippen LogP contribution in [0.4, 0.5) is 5.95 Å². The van der Waals surface area contributed by atoms with E-state index < -0.39 is 0 Å². The summed E-state index contributed by atoms with van der Waals surface area (Å²) in [7, 11) is 3.65. The van der Waals surface area contributed by atoms with Gasteiger partial charge in [-0.1, -0.05) is 34.6 Å². The molecular formula is C48H90N12O10. The van der Waals surface area contributed by atoms with Gasteiger partial charge >= 0.3 is 0 Å². The average Bonchev–Trinajstić information content (AvgIpc) is 3.31. The molecule has 22 nitrogen and oxygen atoms in total. The minimum atomic E-state index is -0.335. The normalized spacial score (nSPS) is 11.3. The standard InChI is InChI=1S/C48H90N12O10/c1-8-42(61)50-17-10-18-51-45(64)35-60(25-20-53-46(65)36-69-31-29-67-27-22-49-6)26-21-54-47(66)37-70-32-30-68-28-23-55-44(63)34-59(7)24-19-52-43(62)11-9-16-56-48-57-40(14-12-38(2)3)33-41(58-48)15-13-39(4)5/h33,38-39,49H,8-32,34-37H2,1-7H3,(H,50,61)(H,51,64)(H,52,62)(H,53,65)(H,54,66)(H,55,63)(H,56,57,58). The summed E-state index contributed by atoms with van der Waals surface area (Å²) in [6.07, 6.45) is 5.96. The topological polar surface area (TPSA) is 268 Å². The van der Waals surface area contributed by atoms with Crippen molar-refractivity contribution in [2.24, 2.45) is 11.8 Å². The fourth-order valence-corrected chi connectivity index (χ4v) is 6.28. The highest BCUT2D eigenvalue weighted by molar-refractivity contribution is 5.79. The predicted molar refractivity (Wildman–Crippen MR) is 270 cm³/mol. The van der Waals surface area contributed by atoms with Crippen molar-refractivity contribution < 1.29 is 47.7 Å². The lowest BCUT2D eigenvalue weighted by atomic mass is 10.0. The van der Waals surface area contributed by atoms with Crippen LogP contribution in [0.25, 0.3) is 0 Å². The minimum Gasteiger partial charge on any atom is -0.378 e. The van der Waals surface area contributed by atoms with Crippen LogP contribution < -0.4 is 42.5 Å². The van der Waals surface area contributed by atoms with Gasteiger partial charge in [0, 0.05) is 96.2 Å². The molecule has 1 rings (SSSR count). The Balaban J connectivity index is 2.24. The van der Waals surface area contributed by atoms with Crippen LogP contribution in [0.2, 0.25) is 0 Å². The van der Waals surface area contributed by atoms with Crippen molar-refractivity contribution in [3.8, 4) is 0 Å². The zero-order valence-corrected chi connectivity index (χ0v) is 43.6. The first-order valence-electron chi connectivity index (χ1n) is 25.3. The maximum Gasteiger partial charge on any atom is 0.246 e. The number of ether oxygens (including phenoxy) is 4. The number of nitrogens with one attached hydrogen (secondary N) is 8. The summed E-state index contributed by atoms with van der Waals surface area (Å²) < 4.78 is 21.7. The summed E-state index contributed by atoms with van der Waals surface area (Å²) in [6, 6.07) is 2.12. The van der Waals surface area contributed by atoms with E-state index in [-0.39, 0.29) is 94.7 Å². The lowest BCUT2D eigenvalue weighted by Crippen LogP contribution is -2.45. The lowest BCUT2D eigenvalue weighted by molar-refractivity contribution is -0.126. The van der Waals surface area contributed by atoms with Gasteiger partial charge in [-0.05, 0) is 70.5 Å². The van der Waals surface area contributed by atoms with E-state index >= 15 is 0 Å². The van der Waals surface area contributed by atoms with Gasteiger partial charge in [-0.2, -0.15) is 0 Å². The number of likely N-dealkylation sites (N-methyl/N-ethyl adjacent to an activating group) is 2. The van der Waals surface area contributed by atoms with Crippen molar-refractivity contribution in [3.05, 3.63) is 17.5 Å². The molecule has 0 aromatic carbocycles. The van der Waals surface area contributed by atoms with Crippen molar-refractivity contribution in [1.29, 1.82) is 0 Å². The number of aromatic nitrogens is 2. The van der Waals surface area contributed by atoms with Crippen LogP contribution in [0.3, 0.4) is 0 Å². The second-order valence-electron chi connectivity index (χ2n) is 17.8. The molecule has 1 aromatic heterocycles. The summed E-state index contributed by atoms with van der Waals surface area (Å²) in [6.45, 7) is 17.0. The molecule has 0 unspecified atom stereocenters. The van der Waals surface area contributed by atoms with Gasteiger partial charge in [0.1, 0.15) is 13.2 Å². The fraction of sp³-hybridized carbons (Fsp3) is 0.792. The van der Waals surface area contributed by atoms with Crippen molar-refractivity contribution in [2.45, 2.75) is 86.0 Å². The SMILES string of the molecule is CCC(=O)NCCCNC(=O)CN(CCNC(=O)COCCOCCNC)CCNC(=O)COCCOCCNC(=O)CN(C)CCNC(=O)CCCNc1nc(CCC(C)C)cc(CCC(C)C)n1. The molecule has 0 aliphatic rings. The van der Waals surface area contributed by atoms with E-state index in [1.54, 1.807) is 6.92 Å². The Morgan fingerprint density at radius 3 is 1.59 bits per heavy atom. The first-order valence-corrected chi connectivity index (χ1v) is 25.3. The maximum atomic E-state index is 12.7. The molecule has 0 aliphatic carbocycles. The predicted octanol–water partition coefficient (Wildman–Crippen LogP) is -0.137. The first kappa shape index (κ1) is 63.4. The zero-order valence-electron chi connectivity index (χ0n) is 43.6. The third kappa shape index (κ3) is 38.2. The number of carbonyl (C=O) groups is 6. The Bertz CT molecular complexity index is 1560. The van der Waals surface area contributed by atoms with Crippen molar-refractivity contribution >= 4 is 41.4 Å². The number of aryl methyl sites for hydroxylation is 2. The molecule has 0 fully saturated rings. The fourth-order valence-electron chi connectivity index (χ4n) is 6.28. The molecule has 70 heavy (non-hydrogen) atoms. The van der Waals surface area contributed by atoms with Crippen LogP contribution in [0.1, 0.15) is 84.5 Å². The Morgan fingerprint density at radius 2 is 1.03 bits per heavy atom. The number of anilines is 1. The summed E-state index contributed by atoms with van der Waals surface area (Å²) >= 11 is 0. The highest BCUT2D eigenvalue weighted by Crippen LogP contribution is 2.14. The smallest absolute Gasteiger partial charge is 0.246 e. The van der Waals surface area contributed by atoms with E-state index in [0.717, 1.165) is 43.6 Å². The molecule has 0 aliphatic heterocycles. The van der Waals surface area contributed by atoms with Crippen LogP contribution >= 0.6 is 0 Å². The van der Waals surface area contributed by atoms with E-state index in [4.69, 9.17) is 28.9 Å². The Morgan fingerprint density at radius 1 is 0.543 bits per heavy atom. The second kappa shape index (κ2) is 42.1. The van der Waals surface area contributed by atoms with Gasteiger partial charge in [-0.3, -0.25) is 38.6 Å². The molecule has 0 bridgehead atoms. The van der Waals surface area contributed by atoms with Gasteiger partial charge in [-0.25, -0.2) is 9.97 Å². The van der Waals surface area contributed by atoms with Crippen LogP contribution in [-0.4, -0.2) is 207 Å². The number of carbonyl (C=O) groups excluding carboxylic acids is 6. The number of hydrogen-bond acceptors (Lipinski definition) is 16. The quantitative estimate of drug-likeness (QED) is 0.0396. The molecular weight excluding hydrogens is 905 g/mol. The summed E-state index contributed by atoms with van der Waals surface area (Å²) in [5.74, 6) is 0.707. The first-order chi connectivity index (χ1) is 33.7. The Kier molecular flexibility index (Phi) is 38.2. The summed E-state index contributed by atoms with van der Waals surface area (Å²) in [4.78, 5) is 86.7. The van der Waals surface area contributed by atoms with Gasteiger partial charge < -0.3 is 61.5 Å². The Labute approximate surface area is 417 Å². The second-order valence-corrected chi connectivity index (χ2v) is 17.8. The molecule has 1 heterocycles. The zero-order chi connectivity index (χ0) is 51.6. The monoisotopic (exact) mass is 995 g/mol. The molecule has 402 valence electrons. The van der Waals surface area contributed by atoms with Gasteiger partial charge in [0.2, 0.25) is 41.4 Å². The van der Waals surface area contributed by atoms with E-state index in [1.165, 1.54) is 0 Å². The van der Waals surface area contributed by atoms with E-state index in [9.17, 15) is 28.8 Å². The molecule has 22 heteroatoms. The number of amides is 6. The van der Waals surface area contributed by atoms with Crippen molar-refractivity contribution in [2.75, 3.05) is 157 Å². The molecule has 0 atom stereocenters. The molecule has 0 saturated heterocycles. The van der Waals surface area contributed by atoms with E-state index in [1.807, 2.05) is 23.9 Å². The van der Waals surface area contributed by atoms with Crippen LogP contribution in [-0.2, 0) is 60.6 Å². The molecule has 6 amide bonds. The minimum absolute atomic E-state index is 0.0451. The molecule has 0 radical (unpaired) electrons. The highest BCUT2D eigenvalue weighted by Gasteiger charge is 2.14. The average molecular weight is 995 g/mol. The molecule has 8 N–H and O–H groups in total. The van der Waals surface area contributed by atoms with Crippen molar-refractivity contribution in [3.63, 3.8) is 0 Å². The lowest BCUT2D eigenvalue weighted by Gasteiger charge is -2.22. The third-order valence-corrected chi connectivity index (χ3v) is 10.3. The molecule has 1 aromatic rings.